The van der Waals surface area contributed by atoms with Gasteiger partial charge >= 0.3 is 0 Å². The molecule has 1 unspecified atom stereocenters. The predicted molar refractivity (Wildman–Crippen MR) is 122 cm³/mol. The third kappa shape index (κ3) is 7.74. The van der Waals surface area contributed by atoms with Crippen LogP contribution in [0.4, 0.5) is 0 Å². The number of benzene rings is 1. The SMILES string of the molecule is CCNC(=NCc1ccccc1CN(C)C)NCC1(C)CCCS1.I. The molecule has 1 saturated heterocycles. The summed E-state index contributed by atoms with van der Waals surface area (Å²) < 4.78 is 0.346. The predicted octanol–water partition coefficient (Wildman–Crippen LogP) is 3.71. The molecule has 0 radical (unpaired) electrons. The van der Waals surface area contributed by atoms with Crippen LogP contribution in [-0.4, -0.2) is 48.5 Å². The van der Waals surface area contributed by atoms with E-state index in [1.807, 2.05) is 0 Å². The standard InChI is InChI=1S/C19H32N4S.HI/c1-5-20-18(22-15-19(2)11-8-12-24-19)21-13-16-9-6-7-10-17(16)14-23(3)4;/h6-7,9-10H,5,8,11-15H2,1-4H3,(H2,20,21,22);1H. The van der Waals surface area contributed by atoms with E-state index < -0.39 is 0 Å². The van der Waals surface area contributed by atoms with E-state index in [0.717, 1.165) is 25.6 Å². The molecule has 0 spiro atoms. The first-order chi connectivity index (χ1) is 11.5. The van der Waals surface area contributed by atoms with Crippen molar-refractivity contribution >= 4 is 41.7 Å². The van der Waals surface area contributed by atoms with Gasteiger partial charge in [-0.15, -0.1) is 24.0 Å². The van der Waals surface area contributed by atoms with Crippen LogP contribution in [0.2, 0.25) is 0 Å². The molecule has 2 rings (SSSR count). The third-order valence-electron chi connectivity index (χ3n) is 4.29. The Morgan fingerprint density at radius 3 is 2.56 bits per heavy atom. The van der Waals surface area contributed by atoms with Crippen LogP contribution >= 0.6 is 35.7 Å². The number of aliphatic imine (C=N–C) groups is 1. The molecule has 1 fully saturated rings. The summed E-state index contributed by atoms with van der Waals surface area (Å²) in [5.74, 6) is 2.20. The maximum atomic E-state index is 4.81. The second-order valence-corrected chi connectivity index (χ2v) is 8.64. The topological polar surface area (TPSA) is 39.7 Å². The van der Waals surface area contributed by atoms with Gasteiger partial charge < -0.3 is 15.5 Å². The zero-order valence-electron chi connectivity index (χ0n) is 16.0. The van der Waals surface area contributed by atoms with Crippen LogP contribution in [0, 0.1) is 0 Å². The van der Waals surface area contributed by atoms with Gasteiger partial charge in [0.1, 0.15) is 0 Å². The number of nitrogens with zero attached hydrogens (tertiary/aromatic N) is 2. The molecular formula is C19H33IN4S. The van der Waals surface area contributed by atoms with Crippen LogP contribution in [0.1, 0.15) is 37.8 Å². The first kappa shape index (κ1) is 22.6. The molecule has 0 aromatic heterocycles. The fourth-order valence-electron chi connectivity index (χ4n) is 2.96. The van der Waals surface area contributed by atoms with Crippen molar-refractivity contribution in [2.24, 2.45) is 4.99 Å². The summed E-state index contributed by atoms with van der Waals surface area (Å²) in [5.41, 5.74) is 2.64. The van der Waals surface area contributed by atoms with E-state index in [1.54, 1.807) is 0 Å². The summed E-state index contributed by atoms with van der Waals surface area (Å²) >= 11 is 2.08. The molecule has 25 heavy (non-hydrogen) atoms. The van der Waals surface area contributed by atoms with Gasteiger partial charge in [-0.25, -0.2) is 4.99 Å². The summed E-state index contributed by atoms with van der Waals surface area (Å²) in [7, 11) is 4.21. The zero-order chi connectivity index (χ0) is 17.4. The number of guanidine groups is 1. The average Bonchev–Trinajstić information content (AvgIpc) is 2.98. The largest absolute Gasteiger partial charge is 0.357 e. The summed E-state index contributed by atoms with van der Waals surface area (Å²) in [4.78, 5) is 7.01. The van der Waals surface area contributed by atoms with E-state index in [1.165, 1.54) is 29.7 Å². The van der Waals surface area contributed by atoms with Gasteiger partial charge in [-0.05, 0) is 57.7 Å². The first-order valence-corrected chi connectivity index (χ1v) is 9.88. The Labute approximate surface area is 174 Å². The lowest BCUT2D eigenvalue weighted by atomic mass is 10.1. The van der Waals surface area contributed by atoms with Gasteiger partial charge in [-0.1, -0.05) is 24.3 Å². The lowest BCUT2D eigenvalue weighted by Crippen LogP contribution is -2.43. The van der Waals surface area contributed by atoms with Gasteiger partial charge in [0.15, 0.2) is 5.96 Å². The Bertz CT molecular complexity index is 542. The van der Waals surface area contributed by atoms with Crippen molar-refractivity contribution in [2.45, 2.75) is 44.5 Å². The average molecular weight is 476 g/mol. The molecule has 1 aromatic carbocycles. The quantitative estimate of drug-likeness (QED) is 0.358. The molecule has 1 aliphatic rings. The van der Waals surface area contributed by atoms with Crippen LogP contribution in [0.5, 0.6) is 0 Å². The van der Waals surface area contributed by atoms with Crippen molar-refractivity contribution in [3.63, 3.8) is 0 Å². The van der Waals surface area contributed by atoms with Crippen LogP contribution < -0.4 is 10.6 Å². The number of hydrogen-bond acceptors (Lipinski definition) is 3. The van der Waals surface area contributed by atoms with Gasteiger partial charge in [-0.3, -0.25) is 0 Å². The first-order valence-electron chi connectivity index (χ1n) is 8.90. The summed E-state index contributed by atoms with van der Waals surface area (Å²) in [6.07, 6.45) is 2.62. The molecule has 0 bridgehead atoms. The number of rotatable bonds is 7. The summed E-state index contributed by atoms with van der Waals surface area (Å²) in [6.45, 7) is 7.99. The zero-order valence-corrected chi connectivity index (χ0v) is 19.1. The van der Waals surface area contributed by atoms with E-state index >= 15 is 0 Å². The Morgan fingerprint density at radius 2 is 1.96 bits per heavy atom. The highest BCUT2D eigenvalue weighted by Crippen LogP contribution is 2.36. The van der Waals surface area contributed by atoms with Crippen LogP contribution in [0.3, 0.4) is 0 Å². The highest BCUT2D eigenvalue weighted by Gasteiger charge is 2.29. The van der Waals surface area contributed by atoms with E-state index in [9.17, 15) is 0 Å². The van der Waals surface area contributed by atoms with E-state index in [-0.39, 0.29) is 24.0 Å². The van der Waals surface area contributed by atoms with Crippen molar-refractivity contribution in [1.29, 1.82) is 0 Å². The van der Waals surface area contributed by atoms with Gasteiger partial charge in [0.05, 0.1) is 6.54 Å². The molecule has 1 heterocycles. The number of nitrogens with one attached hydrogen (secondary N) is 2. The molecule has 4 nitrogen and oxygen atoms in total. The summed E-state index contributed by atoms with van der Waals surface area (Å²) in [5, 5.41) is 6.91. The van der Waals surface area contributed by atoms with Gasteiger partial charge in [0.25, 0.3) is 0 Å². The minimum absolute atomic E-state index is 0. The van der Waals surface area contributed by atoms with Crippen molar-refractivity contribution in [3.05, 3.63) is 35.4 Å². The lowest BCUT2D eigenvalue weighted by molar-refractivity contribution is 0.401. The Balaban J connectivity index is 0.00000312. The second kappa shape index (κ2) is 11.3. The molecule has 0 aliphatic carbocycles. The smallest absolute Gasteiger partial charge is 0.191 e. The maximum absolute atomic E-state index is 4.81. The van der Waals surface area contributed by atoms with Crippen LogP contribution in [-0.2, 0) is 13.1 Å². The minimum atomic E-state index is 0. The van der Waals surface area contributed by atoms with Gasteiger partial charge in [0.2, 0.25) is 0 Å². The number of hydrogen-bond donors (Lipinski definition) is 2. The lowest BCUT2D eigenvalue weighted by Gasteiger charge is -2.24. The molecule has 0 amide bonds. The third-order valence-corrected chi connectivity index (χ3v) is 5.83. The Morgan fingerprint density at radius 1 is 1.24 bits per heavy atom. The van der Waals surface area contributed by atoms with Crippen molar-refractivity contribution < 1.29 is 0 Å². The monoisotopic (exact) mass is 476 g/mol. The van der Waals surface area contributed by atoms with E-state index in [2.05, 4.69) is 79.5 Å². The Kier molecular flexibility index (Phi) is 10.2. The van der Waals surface area contributed by atoms with Gasteiger partial charge in [0, 0.05) is 24.4 Å². The fraction of sp³-hybridized carbons (Fsp3) is 0.632. The minimum Gasteiger partial charge on any atom is -0.357 e. The molecule has 142 valence electrons. The summed E-state index contributed by atoms with van der Waals surface area (Å²) in [6, 6.07) is 8.58. The highest BCUT2D eigenvalue weighted by molar-refractivity contribution is 14.0. The highest BCUT2D eigenvalue weighted by atomic mass is 127. The molecular weight excluding hydrogens is 443 g/mol. The molecule has 6 heteroatoms. The van der Waals surface area contributed by atoms with Crippen LogP contribution in [0.15, 0.2) is 29.3 Å². The number of thioether (sulfide) groups is 1. The molecule has 1 aromatic rings. The van der Waals surface area contributed by atoms with Crippen LogP contribution in [0.25, 0.3) is 0 Å². The Hall–Kier alpha value is -0.470. The number of halogens is 1. The normalized spacial score (nSPS) is 20.4. The second-order valence-electron chi connectivity index (χ2n) is 6.96. The van der Waals surface area contributed by atoms with Crippen molar-refractivity contribution in [1.82, 2.24) is 15.5 Å². The molecule has 0 saturated carbocycles. The van der Waals surface area contributed by atoms with Crippen molar-refractivity contribution in [3.8, 4) is 0 Å². The fourth-order valence-corrected chi connectivity index (χ4v) is 4.20. The van der Waals surface area contributed by atoms with Gasteiger partial charge in [-0.2, -0.15) is 11.8 Å². The van der Waals surface area contributed by atoms with Crippen molar-refractivity contribution in [2.75, 3.05) is 32.9 Å². The molecule has 1 atom stereocenters. The maximum Gasteiger partial charge on any atom is 0.191 e. The molecule has 1 aliphatic heterocycles. The van der Waals surface area contributed by atoms with E-state index in [4.69, 9.17) is 4.99 Å². The molecule has 2 N–H and O–H groups in total. The van der Waals surface area contributed by atoms with E-state index in [0.29, 0.717) is 11.3 Å².